The molecule has 20 heavy (non-hydrogen) atoms. The summed E-state index contributed by atoms with van der Waals surface area (Å²) in [5.74, 6) is 2.52. The van der Waals surface area contributed by atoms with E-state index in [2.05, 4.69) is 24.3 Å². The van der Waals surface area contributed by atoms with Crippen molar-refractivity contribution < 1.29 is 4.74 Å². The van der Waals surface area contributed by atoms with Gasteiger partial charge in [0.2, 0.25) is 0 Å². The Morgan fingerprint density at radius 3 is 2.70 bits per heavy atom. The molecule has 104 valence electrons. The SMILES string of the molecule is C[C@@H](N)c1ccc(OCC2CSc3ccccc32)cc1. The van der Waals surface area contributed by atoms with Crippen molar-refractivity contribution in [1.82, 2.24) is 0 Å². The van der Waals surface area contributed by atoms with Gasteiger partial charge in [0.1, 0.15) is 5.75 Å². The van der Waals surface area contributed by atoms with E-state index in [1.165, 1.54) is 10.5 Å². The Labute approximate surface area is 124 Å². The predicted molar refractivity (Wildman–Crippen MR) is 84.4 cm³/mol. The molecule has 2 aromatic rings. The van der Waals surface area contributed by atoms with E-state index in [1.807, 2.05) is 43.0 Å². The van der Waals surface area contributed by atoms with Gasteiger partial charge in [-0.1, -0.05) is 30.3 Å². The molecule has 3 heteroatoms. The van der Waals surface area contributed by atoms with E-state index in [0.717, 1.165) is 23.7 Å². The van der Waals surface area contributed by atoms with Crippen LogP contribution < -0.4 is 10.5 Å². The highest BCUT2D eigenvalue weighted by atomic mass is 32.2. The van der Waals surface area contributed by atoms with E-state index in [4.69, 9.17) is 10.5 Å². The van der Waals surface area contributed by atoms with E-state index in [0.29, 0.717) is 5.92 Å². The molecule has 2 aromatic carbocycles. The Balaban J connectivity index is 1.63. The Morgan fingerprint density at radius 2 is 1.95 bits per heavy atom. The molecule has 2 atom stereocenters. The lowest BCUT2D eigenvalue weighted by atomic mass is 10.0. The lowest BCUT2D eigenvalue weighted by Crippen LogP contribution is -2.10. The molecule has 0 saturated heterocycles. The van der Waals surface area contributed by atoms with Crippen molar-refractivity contribution in [2.24, 2.45) is 5.73 Å². The number of benzene rings is 2. The van der Waals surface area contributed by atoms with E-state index in [-0.39, 0.29) is 6.04 Å². The monoisotopic (exact) mass is 285 g/mol. The minimum Gasteiger partial charge on any atom is -0.493 e. The molecule has 1 heterocycles. The zero-order valence-electron chi connectivity index (χ0n) is 11.6. The molecular weight excluding hydrogens is 266 g/mol. The third-order valence-corrected chi connectivity index (χ3v) is 4.91. The molecule has 0 saturated carbocycles. The number of hydrogen-bond acceptors (Lipinski definition) is 3. The number of ether oxygens (including phenoxy) is 1. The van der Waals surface area contributed by atoms with Crippen LogP contribution >= 0.6 is 11.8 Å². The first kappa shape index (κ1) is 13.5. The molecule has 0 spiro atoms. The number of fused-ring (bicyclic) bond motifs is 1. The standard InChI is InChI=1S/C17H19NOS/c1-12(18)13-6-8-15(9-7-13)19-10-14-11-20-17-5-3-2-4-16(14)17/h2-9,12,14H,10-11,18H2,1H3/t12-,14?/m1/s1. The lowest BCUT2D eigenvalue weighted by Gasteiger charge is -2.13. The van der Waals surface area contributed by atoms with Crippen LogP contribution in [-0.4, -0.2) is 12.4 Å². The van der Waals surface area contributed by atoms with Gasteiger partial charge in [-0.25, -0.2) is 0 Å². The topological polar surface area (TPSA) is 35.2 Å². The van der Waals surface area contributed by atoms with Crippen LogP contribution in [0.5, 0.6) is 5.75 Å². The molecule has 0 fully saturated rings. The molecule has 2 nitrogen and oxygen atoms in total. The Kier molecular flexibility index (Phi) is 3.99. The van der Waals surface area contributed by atoms with Crippen molar-refractivity contribution in [3.8, 4) is 5.75 Å². The Bertz CT molecular complexity index is 580. The summed E-state index contributed by atoms with van der Waals surface area (Å²) in [6, 6.07) is 16.8. The van der Waals surface area contributed by atoms with Gasteiger partial charge in [0.25, 0.3) is 0 Å². The zero-order chi connectivity index (χ0) is 13.9. The summed E-state index contributed by atoms with van der Waals surface area (Å²) >= 11 is 1.92. The van der Waals surface area contributed by atoms with E-state index in [1.54, 1.807) is 0 Å². The van der Waals surface area contributed by atoms with Crippen molar-refractivity contribution in [2.45, 2.75) is 23.8 Å². The fraction of sp³-hybridized carbons (Fsp3) is 0.294. The maximum absolute atomic E-state index is 5.93. The van der Waals surface area contributed by atoms with Crippen LogP contribution in [0.2, 0.25) is 0 Å². The van der Waals surface area contributed by atoms with Gasteiger partial charge >= 0.3 is 0 Å². The highest BCUT2D eigenvalue weighted by Crippen LogP contribution is 2.39. The number of thioether (sulfide) groups is 1. The molecule has 1 aliphatic heterocycles. The van der Waals surface area contributed by atoms with Gasteiger partial charge in [-0.3, -0.25) is 0 Å². The molecular formula is C17H19NOS. The first-order chi connectivity index (χ1) is 9.74. The number of hydrogen-bond donors (Lipinski definition) is 1. The van der Waals surface area contributed by atoms with Crippen LogP contribution in [0, 0.1) is 0 Å². The second kappa shape index (κ2) is 5.90. The number of nitrogens with two attached hydrogens (primary N) is 1. The number of rotatable bonds is 4. The summed E-state index contributed by atoms with van der Waals surface area (Å²) in [4.78, 5) is 1.40. The largest absolute Gasteiger partial charge is 0.493 e. The minimum atomic E-state index is 0.0714. The molecule has 0 radical (unpaired) electrons. The highest BCUT2D eigenvalue weighted by molar-refractivity contribution is 7.99. The molecule has 0 amide bonds. The highest BCUT2D eigenvalue weighted by Gasteiger charge is 2.23. The van der Waals surface area contributed by atoms with Crippen molar-refractivity contribution in [3.05, 3.63) is 59.7 Å². The van der Waals surface area contributed by atoms with Gasteiger partial charge in [-0.05, 0) is 36.2 Å². The average molecular weight is 285 g/mol. The summed E-state index contributed by atoms with van der Waals surface area (Å²) in [5, 5.41) is 0. The Morgan fingerprint density at radius 1 is 1.20 bits per heavy atom. The van der Waals surface area contributed by atoms with Crippen LogP contribution in [0.4, 0.5) is 0 Å². The smallest absolute Gasteiger partial charge is 0.119 e. The normalized spacial score (nSPS) is 18.6. The van der Waals surface area contributed by atoms with E-state index >= 15 is 0 Å². The molecule has 1 aliphatic rings. The summed E-state index contributed by atoms with van der Waals surface area (Å²) in [6.45, 7) is 2.73. The van der Waals surface area contributed by atoms with E-state index in [9.17, 15) is 0 Å². The van der Waals surface area contributed by atoms with Crippen LogP contribution in [0.15, 0.2) is 53.4 Å². The maximum Gasteiger partial charge on any atom is 0.119 e. The van der Waals surface area contributed by atoms with Gasteiger partial charge in [0, 0.05) is 22.6 Å². The first-order valence-corrected chi connectivity index (χ1v) is 7.92. The third kappa shape index (κ3) is 2.84. The van der Waals surface area contributed by atoms with Crippen molar-refractivity contribution in [2.75, 3.05) is 12.4 Å². The van der Waals surface area contributed by atoms with E-state index < -0.39 is 0 Å². The second-order valence-electron chi connectivity index (χ2n) is 5.21. The predicted octanol–water partition coefficient (Wildman–Crippen LogP) is 3.97. The van der Waals surface area contributed by atoms with Crippen LogP contribution in [0.25, 0.3) is 0 Å². The van der Waals surface area contributed by atoms with Crippen LogP contribution in [0.3, 0.4) is 0 Å². The van der Waals surface area contributed by atoms with Gasteiger partial charge in [0.05, 0.1) is 6.61 Å². The summed E-state index contributed by atoms with van der Waals surface area (Å²) in [6.07, 6.45) is 0. The van der Waals surface area contributed by atoms with Gasteiger partial charge < -0.3 is 10.5 Å². The van der Waals surface area contributed by atoms with Gasteiger partial charge in [-0.2, -0.15) is 0 Å². The summed E-state index contributed by atoms with van der Waals surface area (Å²) < 4.78 is 5.93. The minimum absolute atomic E-state index is 0.0714. The van der Waals surface area contributed by atoms with Gasteiger partial charge in [0.15, 0.2) is 0 Å². The third-order valence-electron chi connectivity index (χ3n) is 3.66. The summed E-state index contributed by atoms with van der Waals surface area (Å²) in [7, 11) is 0. The van der Waals surface area contributed by atoms with Crippen molar-refractivity contribution in [3.63, 3.8) is 0 Å². The molecule has 0 aliphatic carbocycles. The fourth-order valence-corrected chi connectivity index (χ4v) is 3.66. The Hall–Kier alpha value is -1.45. The van der Waals surface area contributed by atoms with Gasteiger partial charge in [-0.15, -0.1) is 11.8 Å². The summed E-state index contributed by atoms with van der Waals surface area (Å²) in [5.41, 5.74) is 8.41. The molecule has 1 unspecified atom stereocenters. The fourth-order valence-electron chi connectivity index (χ4n) is 2.43. The second-order valence-corrected chi connectivity index (χ2v) is 6.28. The van der Waals surface area contributed by atoms with Crippen LogP contribution in [0.1, 0.15) is 30.0 Å². The quantitative estimate of drug-likeness (QED) is 0.923. The average Bonchev–Trinajstić information content (AvgIpc) is 2.89. The first-order valence-electron chi connectivity index (χ1n) is 6.94. The van der Waals surface area contributed by atoms with Crippen molar-refractivity contribution in [1.29, 1.82) is 0 Å². The maximum atomic E-state index is 5.93. The molecule has 3 rings (SSSR count). The molecule has 2 N–H and O–H groups in total. The van der Waals surface area contributed by atoms with Crippen LogP contribution in [-0.2, 0) is 0 Å². The van der Waals surface area contributed by atoms with Crippen molar-refractivity contribution >= 4 is 11.8 Å². The zero-order valence-corrected chi connectivity index (χ0v) is 12.4. The molecule has 0 aromatic heterocycles. The molecule has 0 bridgehead atoms. The lowest BCUT2D eigenvalue weighted by molar-refractivity contribution is 0.298.